The topological polar surface area (TPSA) is 97.5 Å². The van der Waals surface area contributed by atoms with E-state index in [1.54, 1.807) is 19.1 Å². The summed E-state index contributed by atoms with van der Waals surface area (Å²) >= 11 is 0. The third-order valence-corrected chi connectivity index (χ3v) is 3.85. The van der Waals surface area contributed by atoms with Crippen molar-refractivity contribution in [1.82, 2.24) is 4.98 Å². The molecule has 0 bridgehead atoms. The second-order valence-electron chi connectivity index (χ2n) is 4.25. The number of aryl methyl sites for hydroxylation is 1. The van der Waals surface area contributed by atoms with E-state index in [2.05, 4.69) is 4.98 Å². The number of rotatable bonds is 4. The predicted octanol–water partition coefficient (Wildman–Crippen LogP) is 2.01. The lowest BCUT2D eigenvalue weighted by molar-refractivity contribution is 0.0662. The number of carbonyl (C=O) groups is 1. The summed E-state index contributed by atoms with van der Waals surface area (Å²) in [6.07, 6.45) is 1.51. The first-order chi connectivity index (χ1) is 9.32. The van der Waals surface area contributed by atoms with Gasteiger partial charge in [-0.15, -0.1) is 0 Å². The summed E-state index contributed by atoms with van der Waals surface area (Å²) in [7, 11) is -3.34. The normalized spacial score (nSPS) is 11.5. The van der Waals surface area contributed by atoms with Crippen LogP contribution in [0.1, 0.15) is 23.2 Å². The quantitative estimate of drug-likeness (QED) is 0.926. The Kier molecular flexibility index (Phi) is 3.63. The standard InChI is InChI=1S/C13H13NO5S/c1-3-10-11(13(15)16)19-12(14-10)8-5-4-6-9(7-8)20(2,17)18/h4-7H,3H2,1-2H3,(H,15,16). The molecule has 2 aromatic rings. The summed E-state index contributed by atoms with van der Waals surface area (Å²) in [6.45, 7) is 1.76. The molecule has 0 fully saturated rings. The van der Waals surface area contributed by atoms with Crippen molar-refractivity contribution < 1.29 is 22.7 Å². The number of aromatic nitrogens is 1. The Hall–Kier alpha value is -2.15. The molecule has 1 aromatic heterocycles. The largest absolute Gasteiger partial charge is 0.475 e. The summed E-state index contributed by atoms with van der Waals surface area (Å²) in [4.78, 5) is 15.3. The second kappa shape index (κ2) is 5.09. The lowest BCUT2D eigenvalue weighted by Gasteiger charge is -2.00. The second-order valence-corrected chi connectivity index (χ2v) is 6.27. The minimum Gasteiger partial charge on any atom is -0.475 e. The molecule has 1 heterocycles. The molecule has 2 rings (SSSR count). The molecule has 0 amide bonds. The van der Waals surface area contributed by atoms with Crippen LogP contribution in [0.15, 0.2) is 33.6 Å². The van der Waals surface area contributed by atoms with Gasteiger partial charge in [0, 0.05) is 11.8 Å². The number of oxazole rings is 1. The summed E-state index contributed by atoms with van der Waals surface area (Å²) in [5.74, 6) is -1.31. The highest BCUT2D eigenvalue weighted by molar-refractivity contribution is 7.90. The van der Waals surface area contributed by atoms with Crippen LogP contribution in [-0.4, -0.2) is 30.7 Å². The Bertz CT molecular complexity index is 761. The number of hydrogen-bond donors (Lipinski definition) is 1. The molecule has 0 aliphatic heterocycles. The van der Waals surface area contributed by atoms with Crippen LogP contribution < -0.4 is 0 Å². The molecule has 6 nitrogen and oxygen atoms in total. The highest BCUT2D eigenvalue weighted by atomic mass is 32.2. The molecule has 1 aromatic carbocycles. The van der Waals surface area contributed by atoms with E-state index in [0.29, 0.717) is 17.7 Å². The molecular weight excluding hydrogens is 282 g/mol. The van der Waals surface area contributed by atoms with Crippen molar-refractivity contribution >= 4 is 15.8 Å². The first-order valence-electron chi connectivity index (χ1n) is 5.86. The molecule has 20 heavy (non-hydrogen) atoms. The molecular formula is C13H13NO5S. The molecule has 7 heteroatoms. The molecule has 0 aliphatic carbocycles. The van der Waals surface area contributed by atoms with E-state index in [1.165, 1.54) is 12.1 Å². The van der Waals surface area contributed by atoms with E-state index in [9.17, 15) is 13.2 Å². The zero-order valence-corrected chi connectivity index (χ0v) is 11.8. The van der Waals surface area contributed by atoms with Crippen molar-refractivity contribution in [2.75, 3.05) is 6.26 Å². The van der Waals surface area contributed by atoms with Gasteiger partial charge in [-0.25, -0.2) is 18.2 Å². The fraction of sp³-hybridized carbons (Fsp3) is 0.231. The van der Waals surface area contributed by atoms with Crippen LogP contribution in [0.2, 0.25) is 0 Å². The number of carboxylic acids is 1. The van der Waals surface area contributed by atoms with Gasteiger partial charge >= 0.3 is 5.97 Å². The number of carboxylic acid groups (broad SMARTS) is 1. The number of benzene rings is 1. The van der Waals surface area contributed by atoms with E-state index in [1.807, 2.05) is 0 Å². The molecule has 0 aliphatic rings. The van der Waals surface area contributed by atoms with E-state index in [-0.39, 0.29) is 16.5 Å². The van der Waals surface area contributed by atoms with Crippen LogP contribution in [-0.2, 0) is 16.3 Å². The third kappa shape index (κ3) is 2.72. The first-order valence-corrected chi connectivity index (χ1v) is 7.75. The van der Waals surface area contributed by atoms with Gasteiger partial charge in [0.1, 0.15) is 0 Å². The van der Waals surface area contributed by atoms with Crippen LogP contribution in [0.25, 0.3) is 11.5 Å². The highest BCUT2D eigenvalue weighted by Gasteiger charge is 2.19. The number of aromatic carboxylic acids is 1. The van der Waals surface area contributed by atoms with Crippen molar-refractivity contribution in [2.24, 2.45) is 0 Å². The van der Waals surface area contributed by atoms with Crippen molar-refractivity contribution in [2.45, 2.75) is 18.2 Å². The minimum atomic E-state index is -3.34. The van der Waals surface area contributed by atoms with Crippen LogP contribution in [0.3, 0.4) is 0 Å². The summed E-state index contributed by atoms with van der Waals surface area (Å²) in [6, 6.07) is 6.04. The van der Waals surface area contributed by atoms with Gasteiger partial charge in [0.05, 0.1) is 10.6 Å². The van der Waals surface area contributed by atoms with Gasteiger partial charge in [-0.05, 0) is 24.6 Å². The molecule has 0 spiro atoms. The molecule has 1 N–H and O–H groups in total. The average molecular weight is 295 g/mol. The van der Waals surface area contributed by atoms with Gasteiger partial charge in [-0.1, -0.05) is 13.0 Å². The maximum atomic E-state index is 11.5. The van der Waals surface area contributed by atoms with Gasteiger partial charge in [0.25, 0.3) is 0 Å². The van der Waals surface area contributed by atoms with E-state index in [0.717, 1.165) is 6.26 Å². The van der Waals surface area contributed by atoms with E-state index >= 15 is 0 Å². The van der Waals surface area contributed by atoms with E-state index < -0.39 is 15.8 Å². The highest BCUT2D eigenvalue weighted by Crippen LogP contribution is 2.24. The Morgan fingerprint density at radius 3 is 2.60 bits per heavy atom. The zero-order valence-electron chi connectivity index (χ0n) is 11.0. The number of nitrogens with zero attached hydrogens (tertiary/aromatic N) is 1. The maximum Gasteiger partial charge on any atom is 0.373 e. The van der Waals surface area contributed by atoms with Crippen LogP contribution in [0.5, 0.6) is 0 Å². The first kappa shape index (κ1) is 14.3. The molecule has 0 atom stereocenters. The van der Waals surface area contributed by atoms with Crippen molar-refractivity contribution in [3.63, 3.8) is 0 Å². The fourth-order valence-corrected chi connectivity index (χ4v) is 2.41. The SMILES string of the molecule is CCc1nc(-c2cccc(S(C)(=O)=O)c2)oc1C(=O)O. The van der Waals surface area contributed by atoms with Gasteiger partial charge in [0.15, 0.2) is 9.84 Å². The summed E-state index contributed by atoms with van der Waals surface area (Å²) in [5, 5.41) is 9.01. The van der Waals surface area contributed by atoms with E-state index in [4.69, 9.17) is 9.52 Å². The molecule has 0 unspecified atom stereocenters. The summed E-state index contributed by atoms with van der Waals surface area (Å²) < 4.78 is 28.2. The van der Waals surface area contributed by atoms with Gasteiger partial charge in [0.2, 0.25) is 11.7 Å². The Morgan fingerprint density at radius 2 is 2.10 bits per heavy atom. The minimum absolute atomic E-state index is 0.102. The fourth-order valence-electron chi connectivity index (χ4n) is 1.74. The molecule has 0 saturated carbocycles. The van der Waals surface area contributed by atoms with Crippen molar-refractivity contribution in [3.05, 3.63) is 35.7 Å². The maximum absolute atomic E-state index is 11.5. The molecule has 0 radical (unpaired) electrons. The van der Waals surface area contributed by atoms with Crippen molar-refractivity contribution in [1.29, 1.82) is 0 Å². The predicted molar refractivity (Wildman–Crippen MR) is 71.4 cm³/mol. The van der Waals surface area contributed by atoms with Crippen LogP contribution >= 0.6 is 0 Å². The van der Waals surface area contributed by atoms with Gasteiger partial charge in [-0.3, -0.25) is 0 Å². The third-order valence-electron chi connectivity index (χ3n) is 2.74. The lowest BCUT2D eigenvalue weighted by Crippen LogP contribution is -1.98. The van der Waals surface area contributed by atoms with Gasteiger partial charge in [-0.2, -0.15) is 0 Å². The number of hydrogen-bond acceptors (Lipinski definition) is 5. The zero-order chi connectivity index (χ0) is 14.9. The molecule has 106 valence electrons. The Morgan fingerprint density at radius 1 is 1.40 bits per heavy atom. The monoisotopic (exact) mass is 295 g/mol. The lowest BCUT2D eigenvalue weighted by atomic mass is 10.2. The van der Waals surface area contributed by atoms with Crippen molar-refractivity contribution in [3.8, 4) is 11.5 Å². The number of sulfone groups is 1. The summed E-state index contributed by atoms with van der Waals surface area (Å²) in [5.41, 5.74) is 0.757. The smallest absolute Gasteiger partial charge is 0.373 e. The Labute approximate surface area is 116 Å². The van der Waals surface area contributed by atoms with Crippen LogP contribution in [0.4, 0.5) is 0 Å². The average Bonchev–Trinajstić information content (AvgIpc) is 2.82. The molecule has 0 saturated heterocycles. The van der Waals surface area contributed by atoms with Gasteiger partial charge < -0.3 is 9.52 Å². The van der Waals surface area contributed by atoms with Crippen LogP contribution in [0, 0.1) is 0 Å². The Balaban J connectivity index is 2.55.